The van der Waals surface area contributed by atoms with Gasteiger partial charge in [-0.25, -0.2) is 9.78 Å². The summed E-state index contributed by atoms with van der Waals surface area (Å²) in [6, 6.07) is 8.41. The summed E-state index contributed by atoms with van der Waals surface area (Å²) < 4.78 is 3.63. The minimum absolute atomic E-state index is 0.135. The average Bonchev–Trinajstić information content (AvgIpc) is 3.02. The van der Waals surface area contributed by atoms with Gasteiger partial charge in [0, 0.05) is 19.8 Å². The lowest BCUT2D eigenvalue weighted by Gasteiger charge is -2.08. The maximum Gasteiger partial charge on any atom is 0.332 e. The molecule has 0 unspecified atom stereocenters. The maximum atomic E-state index is 12.3. The Kier molecular flexibility index (Phi) is 3.94. The summed E-state index contributed by atoms with van der Waals surface area (Å²) >= 11 is 0. The van der Waals surface area contributed by atoms with Gasteiger partial charge in [-0.2, -0.15) is 5.26 Å². The summed E-state index contributed by atoms with van der Waals surface area (Å²) in [5.41, 5.74) is 0.433. The van der Waals surface area contributed by atoms with Crippen molar-refractivity contribution in [2.75, 3.05) is 5.32 Å². The molecule has 25 heavy (non-hydrogen) atoms. The van der Waals surface area contributed by atoms with Crippen molar-refractivity contribution in [3.05, 3.63) is 57.0 Å². The van der Waals surface area contributed by atoms with E-state index in [0.29, 0.717) is 11.3 Å². The number of carbonyl (C=O) groups excluding carboxylic acids is 1. The smallest absolute Gasteiger partial charge is 0.325 e. The number of nitriles is 1. The number of imidazole rings is 1. The van der Waals surface area contributed by atoms with Gasteiger partial charge in [0.15, 0.2) is 11.2 Å². The number of rotatable bonds is 3. The van der Waals surface area contributed by atoms with E-state index in [1.807, 2.05) is 6.07 Å². The van der Waals surface area contributed by atoms with Crippen molar-refractivity contribution in [2.24, 2.45) is 14.1 Å². The van der Waals surface area contributed by atoms with Gasteiger partial charge >= 0.3 is 5.69 Å². The molecule has 0 spiro atoms. The SMILES string of the molecule is Cn1c(=O)c2c(ncn2CC(=O)Nc2ccc(C#N)cc2)n(C)c1=O. The molecule has 2 heterocycles. The van der Waals surface area contributed by atoms with Crippen LogP contribution in [0.3, 0.4) is 0 Å². The molecule has 0 saturated heterocycles. The highest BCUT2D eigenvalue weighted by Gasteiger charge is 2.15. The summed E-state index contributed by atoms with van der Waals surface area (Å²) in [7, 11) is 2.89. The van der Waals surface area contributed by atoms with E-state index in [0.717, 1.165) is 4.57 Å². The van der Waals surface area contributed by atoms with Gasteiger partial charge in [0.1, 0.15) is 6.54 Å². The molecule has 0 aliphatic rings. The van der Waals surface area contributed by atoms with Crippen molar-refractivity contribution >= 4 is 22.8 Å². The molecule has 126 valence electrons. The molecule has 0 aliphatic heterocycles. The van der Waals surface area contributed by atoms with E-state index in [2.05, 4.69) is 10.3 Å². The zero-order chi connectivity index (χ0) is 18.1. The fourth-order valence-electron chi connectivity index (χ4n) is 2.50. The molecule has 1 amide bonds. The van der Waals surface area contributed by atoms with Gasteiger partial charge in [0.05, 0.1) is 18.0 Å². The lowest BCUT2D eigenvalue weighted by Crippen LogP contribution is -2.37. The summed E-state index contributed by atoms with van der Waals surface area (Å²) in [4.78, 5) is 40.5. The monoisotopic (exact) mass is 338 g/mol. The molecule has 0 aliphatic carbocycles. The Balaban J connectivity index is 1.90. The van der Waals surface area contributed by atoms with E-state index < -0.39 is 11.2 Å². The highest BCUT2D eigenvalue weighted by Crippen LogP contribution is 2.10. The molecule has 0 bridgehead atoms. The average molecular weight is 338 g/mol. The first-order valence-electron chi connectivity index (χ1n) is 7.33. The molecule has 3 aromatic rings. The van der Waals surface area contributed by atoms with Crippen LogP contribution in [0.2, 0.25) is 0 Å². The summed E-state index contributed by atoms with van der Waals surface area (Å²) in [5.74, 6) is -0.361. The zero-order valence-corrected chi connectivity index (χ0v) is 13.6. The number of benzene rings is 1. The molecule has 0 saturated carbocycles. The minimum Gasteiger partial charge on any atom is -0.325 e. The Bertz CT molecular complexity index is 1130. The van der Waals surface area contributed by atoms with Gasteiger partial charge in [0.2, 0.25) is 5.91 Å². The molecular weight excluding hydrogens is 324 g/mol. The molecular formula is C16H14N6O3. The zero-order valence-electron chi connectivity index (χ0n) is 13.6. The van der Waals surface area contributed by atoms with Gasteiger partial charge in [0.25, 0.3) is 5.56 Å². The van der Waals surface area contributed by atoms with E-state index in [-0.39, 0.29) is 23.6 Å². The number of fused-ring (bicyclic) bond motifs is 1. The lowest BCUT2D eigenvalue weighted by molar-refractivity contribution is -0.116. The summed E-state index contributed by atoms with van der Waals surface area (Å²) in [6.45, 7) is -0.135. The van der Waals surface area contributed by atoms with Crippen LogP contribution in [0.5, 0.6) is 0 Å². The van der Waals surface area contributed by atoms with E-state index in [1.165, 1.54) is 29.6 Å². The van der Waals surface area contributed by atoms with Gasteiger partial charge in [-0.15, -0.1) is 0 Å². The number of amides is 1. The second-order valence-corrected chi connectivity index (χ2v) is 5.49. The molecule has 9 heteroatoms. The van der Waals surface area contributed by atoms with Crippen LogP contribution >= 0.6 is 0 Å². The van der Waals surface area contributed by atoms with Crippen LogP contribution in [0.15, 0.2) is 40.2 Å². The van der Waals surface area contributed by atoms with Crippen LogP contribution in [0.25, 0.3) is 11.2 Å². The summed E-state index contributed by atoms with van der Waals surface area (Å²) in [6.07, 6.45) is 1.35. The maximum absolute atomic E-state index is 12.3. The van der Waals surface area contributed by atoms with Gasteiger partial charge in [-0.3, -0.25) is 18.7 Å². The fraction of sp³-hybridized carbons (Fsp3) is 0.188. The van der Waals surface area contributed by atoms with Gasteiger partial charge < -0.3 is 9.88 Å². The second-order valence-electron chi connectivity index (χ2n) is 5.49. The third kappa shape index (κ3) is 2.81. The Morgan fingerprint density at radius 2 is 1.88 bits per heavy atom. The molecule has 9 nitrogen and oxygen atoms in total. The fourth-order valence-corrected chi connectivity index (χ4v) is 2.50. The van der Waals surface area contributed by atoms with Crippen molar-refractivity contribution in [3.63, 3.8) is 0 Å². The number of nitrogens with zero attached hydrogens (tertiary/aromatic N) is 5. The van der Waals surface area contributed by atoms with Crippen molar-refractivity contribution < 1.29 is 4.79 Å². The Morgan fingerprint density at radius 3 is 2.52 bits per heavy atom. The van der Waals surface area contributed by atoms with Crippen LogP contribution in [-0.4, -0.2) is 24.6 Å². The largest absolute Gasteiger partial charge is 0.332 e. The molecule has 2 aromatic heterocycles. The van der Waals surface area contributed by atoms with E-state index in [1.54, 1.807) is 24.3 Å². The number of carbonyl (C=O) groups is 1. The third-order valence-corrected chi connectivity index (χ3v) is 3.83. The number of hydrogen-bond acceptors (Lipinski definition) is 5. The lowest BCUT2D eigenvalue weighted by atomic mass is 10.2. The first-order chi connectivity index (χ1) is 11.9. The van der Waals surface area contributed by atoms with Crippen LogP contribution in [-0.2, 0) is 25.4 Å². The number of hydrogen-bond donors (Lipinski definition) is 1. The normalized spacial score (nSPS) is 10.6. The Hall–Kier alpha value is -3.67. The van der Waals surface area contributed by atoms with Gasteiger partial charge in [-0.05, 0) is 24.3 Å². The first kappa shape index (κ1) is 16.2. The molecule has 0 atom stereocenters. The van der Waals surface area contributed by atoms with Crippen LogP contribution < -0.4 is 16.6 Å². The summed E-state index contributed by atoms with van der Waals surface area (Å²) in [5, 5.41) is 11.5. The van der Waals surface area contributed by atoms with E-state index >= 15 is 0 Å². The Labute approximate surface area is 141 Å². The Morgan fingerprint density at radius 1 is 1.20 bits per heavy atom. The van der Waals surface area contributed by atoms with Crippen molar-refractivity contribution in [3.8, 4) is 6.07 Å². The van der Waals surface area contributed by atoms with E-state index in [4.69, 9.17) is 5.26 Å². The number of nitrogens with one attached hydrogen (secondary N) is 1. The number of aromatic nitrogens is 4. The minimum atomic E-state index is -0.512. The molecule has 1 N–H and O–H groups in total. The van der Waals surface area contributed by atoms with E-state index in [9.17, 15) is 14.4 Å². The molecule has 0 radical (unpaired) electrons. The highest BCUT2D eigenvalue weighted by atomic mass is 16.2. The third-order valence-electron chi connectivity index (χ3n) is 3.83. The topological polar surface area (TPSA) is 115 Å². The van der Waals surface area contributed by atoms with Crippen LogP contribution in [0, 0.1) is 11.3 Å². The number of anilines is 1. The quantitative estimate of drug-likeness (QED) is 0.719. The predicted molar refractivity (Wildman–Crippen MR) is 90.0 cm³/mol. The van der Waals surface area contributed by atoms with Gasteiger partial charge in [-0.1, -0.05) is 0 Å². The highest BCUT2D eigenvalue weighted by molar-refractivity contribution is 5.91. The molecule has 1 aromatic carbocycles. The standard InChI is InChI=1S/C16H14N6O3/c1-20-14-13(15(24)21(2)16(20)25)22(9-18-14)8-12(23)19-11-5-3-10(7-17)4-6-11/h3-6,9H,8H2,1-2H3,(H,19,23). The van der Waals surface area contributed by atoms with Crippen molar-refractivity contribution in [1.29, 1.82) is 5.26 Å². The first-order valence-corrected chi connectivity index (χ1v) is 7.33. The second kappa shape index (κ2) is 6.09. The van der Waals surface area contributed by atoms with Crippen LogP contribution in [0.1, 0.15) is 5.56 Å². The molecule has 3 rings (SSSR count). The molecule has 0 fully saturated rings. The van der Waals surface area contributed by atoms with Crippen LogP contribution in [0.4, 0.5) is 5.69 Å². The van der Waals surface area contributed by atoms with Crippen molar-refractivity contribution in [2.45, 2.75) is 6.54 Å². The van der Waals surface area contributed by atoms with Crippen molar-refractivity contribution in [1.82, 2.24) is 18.7 Å². The number of aryl methyl sites for hydroxylation is 1. The predicted octanol–water partition coefficient (Wildman–Crippen LogP) is -0.0559.